The lowest BCUT2D eigenvalue weighted by molar-refractivity contribution is -0.124. The van der Waals surface area contributed by atoms with Crippen LogP contribution in [0, 0.1) is 11.8 Å². The zero-order chi connectivity index (χ0) is 9.72. The Balaban J connectivity index is 3.94. The maximum absolute atomic E-state index is 11.2. The molecule has 0 spiro atoms. The summed E-state index contributed by atoms with van der Waals surface area (Å²) in [5.74, 6) is 0.523. The van der Waals surface area contributed by atoms with E-state index in [0.717, 1.165) is 0 Å². The van der Waals surface area contributed by atoms with Gasteiger partial charge in [-0.1, -0.05) is 27.7 Å². The van der Waals surface area contributed by atoms with E-state index in [2.05, 4.69) is 19.2 Å². The summed E-state index contributed by atoms with van der Waals surface area (Å²) in [6, 6.07) is 0.111. The summed E-state index contributed by atoms with van der Waals surface area (Å²) in [5, 5.41) is 2.90. The molecule has 0 rings (SSSR count). The van der Waals surface area contributed by atoms with Gasteiger partial charge in [0.05, 0.1) is 0 Å². The first-order valence-corrected chi connectivity index (χ1v) is 4.49. The van der Waals surface area contributed by atoms with Gasteiger partial charge in [0.2, 0.25) is 5.91 Å². The monoisotopic (exact) mass is 172 g/mol. The molecule has 0 heterocycles. The summed E-state index contributed by atoms with van der Waals surface area (Å²) in [6.07, 6.45) is 0. The number of nitrogens with one attached hydrogen (secondary N) is 1. The summed E-state index contributed by atoms with van der Waals surface area (Å²) in [4.78, 5) is 11.2. The highest BCUT2D eigenvalue weighted by molar-refractivity contribution is 5.78. The molecule has 0 aromatic carbocycles. The molecule has 1 amide bonds. The van der Waals surface area contributed by atoms with Gasteiger partial charge in [0, 0.05) is 18.5 Å². The van der Waals surface area contributed by atoms with Crippen LogP contribution in [-0.2, 0) is 4.79 Å². The lowest BCUT2D eigenvalue weighted by Gasteiger charge is -2.21. The van der Waals surface area contributed by atoms with E-state index in [1.54, 1.807) is 0 Å². The van der Waals surface area contributed by atoms with Gasteiger partial charge in [-0.3, -0.25) is 4.79 Å². The third-order valence-electron chi connectivity index (χ3n) is 1.91. The molecule has 0 aliphatic carbocycles. The Bertz CT molecular complexity index is 143. The first kappa shape index (κ1) is 11.4. The lowest BCUT2D eigenvalue weighted by Crippen LogP contribution is -2.45. The van der Waals surface area contributed by atoms with Crippen LogP contribution in [0.15, 0.2) is 0 Å². The predicted molar refractivity (Wildman–Crippen MR) is 50.7 cm³/mol. The molecule has 3 N–H and O–H groups in total. The van der Waals surface area contributed by atoms with Gasteiger partial charge in [-0.15, -0.1) is 0 Å². The Morgan fingerprint density at radius 1 is 1.33 bits per heavy atom. The highest BCUT2D eigenvalue weighted by atomic mass is 16.1. The van der Waals surface area contributed by atoms with Crippen molar-refractivity contribution >= 4 is 5.91 Å². The fourth-order valence-corrected chi connectivity index (χ4v) is 0.847. The maximum atomic E-state index is 11.2. The third-order valence-corrected chi connectivity index (χ3v) is 1.91. The van der Waals surface area contributed by atoms with Crippen LogP contribution >= 0.6 is 0 Å². The minimum Gasteiger partial charge on any atom is -0.352 e. The van der Waals surface area contributed by atoms with Gasteiger partial charge >= 0.3 is 0 Å². The Hall–Kier alpha value is -0.570. The fraction of sp³-hybridized carbons (Fsp3) is 0.889. The summed E-state index contributed by atoms with van der Waals surface area (Å²) < 4.78 is 0. The second-order valence-corrected chi connectivity index (χ2v) is 3.75. The van der Waals surface area contributed by atoms with Crippen LogP contribution in [0.3, 0.4) is 0 Å². The molecule has 1 unspecified atom stereocenters. The molecule has 3 nitrogen and oxygen atoms in total. The predicted octanol–water partition coefficient (Wildman–Crippen LogP) is 0.742. The van der Waals surface area contributed by atoms with Crippen molar-refractivity contribution in [2.24, 2.45) is 17.6 Å². The van der Waals surface area contributed by atoms with E-state index >= 15 is 0 Å². The van der Waals surface area contributed by atoms with Crippen LogP contribution in [0.4, 0.5) is 0 Å². The molecular formula is C9H20N2O. The van der Waals surface area contributed by atoms with Crippen molar-refractivity contribution in [2.75, 3.05) is 6.54 Å². The number of rotatable bonds is 4. The molecule has 0 radical (unpaired) electrons. The maximum Gasteiger partial charge on any atom is 0.222 e. The Labute approximate surface area is 74.7 Å². The quantitative estimate of drug-likeness (QED) is 0.657. The van der Waals surface area contributed by atoms with Gasteiger partial charge in [-0.25, -0.2) is 0 Å². The second kappa shape index (κ2) is 5.14. The molecule has 0 saturated heterocycles. The van der Waals surface area contributed by atoms with Crippen LogP contribution in [0.2, 0.25) is 0 Å². The number of carbonyl (C=O) groups excluding carboxylic acids is 1. The van der Waals surface area contributed by atoms with Gasteiger partial charge in [-0.2, -0.15) is 0 Å². The number of hydrogen-bond donors (Lipinski definition) is 2. The van der Waals surface area contributed by atoms with Crippen molar-refractivity contribution in [3.8, 4) is 0 Å². The molecular weight excluding hydrogens is 152 g/mol. The van der Waals surface area contributed by atoms with Gasteiger partial charge in [-0.05, 0) is 5.92 Å². The molecule has 1 atom stereocenters. The van der Waals surface area contributed by atoms with Crippen LogP contribution < -0.4 is 11.1 Å². The minimum atomic E-state index is 0.0396. The Morgan fingerprint density at radius 2 is 1.83 bits per heavy atom. The minimum absolute atomic E-state index is 0.0396. The first-order valence-electron chi connectivity index (χ1n) is 4.49. The highest BCUT2D eigenvalue weighted by Crippen LogP contribution is 2.01. The molecule has 0 saturated carbocycles. The average molecular weight is 172 g/mol. The molecule has 0 aliphatic heterocycles. The van der Waals surface area contributed by atoms with E-state index in [1.165, 1.54) is 0 Å². The van der Waals surface area contributed by atoms with Gasteiger partial charge in [0.15, 0.2) is 0 Å². The van der Waals surface area contributed by atoms with E-state index < -0.39 is 0 Å². The molecule has 12 heavy (non-hydrogen) atoms. The van der Waals surface area contributed by atoms with Crippen molar-refractivity contribution in [2.45, 2.75) is 33.7 Å². The van der Waals surface area contributed by atoms with E-state index in [-0.39, 0.29) is 17.9 Å². The number of amides is 1. The molecule has 0 bridgehead atoms. The van der Waals surface area contributed by atoms with Crippen molar-refractivity contribution < 1.29 is 4.79 Å². The zero-order valence-electron chi connectivity index (χ0n) is 8.42. The molecule has 0 aromatic rings. The van der Waals surface area contributed by atoms with Crippen molar-refractivity contribution in [1.82, 2.24) is 5.32 Å². The smallest absolute Gasteiger partial charge is 0.222 e. The van der Waals surface area contributed by atoms with Crippen molar-refractivity contribution in [1.29, 1.82) is 0 Å². The average Bonchev–Trinajstić information content (AvgIpc) is 1.98. The highest BCUT2D eigenvalue weighted by Gasteiger charge is 2.15. The standard InChI is InChI=1S/C9H20N2O/c1-6(2)8(5-10)11-9(12)7(3)4/h6-8H,5,10H2,1-4H3,(H,11,12). The van der Waals surface area contributed by atoms with E-state index in [9.17, 15) is 4.79 Å². The van der Waals surface area contributed by atoms with E-state index in [4.69, 9.17) is 5.73 Å². The van der Waals surface area contributed by atoms with Gasteiger partial charge in [0.1, 0.15) is 0 Å². The van der Waals surface area contributed by atoms with Crippen LogP contribution in [-0.4, -0.2) is 18.5 Å². The van der Waals surface area contributed by atoms with Crippen molar-refractivity contribution in [3.05, 3.63) is 0 Å². The van der Waals surface area contributed by atoms with E-state index in [1.807, 2.05) is 13.8 Å². The second-order valence-electron chi connectivity index (χ2n) is 3.75. The molecule has 0 aromatic heterocycles. The molecule has 0 fully saturated rings. The van der Waals surface area contributed by atoms with Crippen molar-refractivity contribution in [3.63, 3.8) is 0 Å². The number of carbonyl (C=O) groups is 1. The summed E-state index contributed by atoms with van der Waals surface area (Å²) >= 11 is 0. The number of hydrogen-bond acceptors (Lipinski definition) is 2. The number of nitrogens with two attached hydrogens (primary N) is 1. The molecule has 72 valence electrons. The first-order chi connectivity index (χ1) is 5.49. The summed E-state index contributed by atoms with van der Waals surface area (Å²) in [6.45, 7) is 8.37. The summed E-state index contributed by atoms with van der Waals surface area (Å²) in [7, 11) is 0. The summed E-state index contributed by atoms with van der Waals surface area (Å²) in [5.41, 5.74) is 5.51. The van der Waals surface area contributed by atoms with E-state index in [0.29, 0.717) is 12.5 Å². The van der Waals surface area contributed by atoms with Crippen LogP contribution in [0.5, 0.6) is 0 Å². The largest absolute Gasteiger partial charge is 0.352 e. The van der Waals surface area contributed by atoms with Crippen LogP contribution in [0.25, 0.3) is 0 Å². The topological polar surface area (TPSA) is 55.1 Å². The third kappa shape index (κ3) is 3.72. The fourth-order valence-electron chi connectivity index (χ4n) is 0.847. The Kier molecular flexibility index (Phi) is 4.90. The zero-order valence-corrected chi connectivity index (χ0v) is 8.42. The van der Waals surface area contributed by atoms with Gasteiger partial charge in [0.25, 0.3) is 0 Å². The lowest BCUT2D eigenvalue weighted by atomic mass is 10.0. The molecule has 0 aliphatic rings. The van der Waals surface area contributed by atoms with Crippen LogP contribution in [0.1, 0.15) is 27.7 Å². The SMILES string of the molecule is CC(C)C(=O)NC(CN)C(C)C. The normalized spacial score (nSPS) is 13.6. The Morgan fingerprint density at radius 3 is 2.08 bits per heavy atom. The molecule has 3 heteroatoms. The van der Waals surface area contributed by atoms with Gasteiger partial charge < -0.3 is 11.1 Å².